The molecule has 4 heteroatoms. The molecule has 0 saturated carbocycles. The third-order valence-electron chi connectivity index (χ3n) is 5.89. The molecule has 2 heterocycles. The number of aromatic nitrogens is 2. The van der Waals surface area contributed by atoms with Crippen molar-refractivity contribution in [1.29, 1.82) is 0 Å². The van der Waals surface area contributed by atoms with Gasteiger partial charge in [-0.15, -0.1) is 0 Å². The first kappa shape index (κ1) is 18.7. The number of nitrogens with zero attached hydrogens (tertiary/aromatic N) is 2. The van der Waals surface area contributed by atoms with Gasteiger partial charge in [-0.1, -0.05) is 61.9 Å². The molecule has 1 atom stereocenters. The Bertz CT molecular complexity index is 1220. The zero-order valence-electron chi connectivity index (χ0n) is 17.8. The number of unbranched alkanes of at least 4 members (excludes halogenated alkanes) is 1. The van der Waals surface area contributed by atoms with Gasteiger partial charge in [-0.25, -0.2) is 4.68 Å². The average molecular weight is 398 g/mol. The fourth-order valence-electron chi connectivity index (χ4n) is 4.39. The molecule has 0 saturated heterocycles. The topological polar surface area (TPSA) is 39.1 Å². The lowest BCUT2D eigenvalue weighted by Gasteiger charge is -2.32. The summed E-state index contributed by atoms with van der Waals surface area (Å²) >= 11 is 0. The van der Waals surface area contributed by atoms with E-state index in [9.17, 15) is 0 Å². The van der Waals surface area contributed by atoms with Crippen LogP contribution in [0.2, 0.25) is 0 Å². The van der Waals surface area contributed by atoms with Gasteiger partial charge in [0.2, 0.25) is 0 Å². The summed E-state index contributed by atoms with van der Waals surface area (Å²) in [6, 6.07) is 21.4. The molecule has 4 aromatic rings. The number of rotatable bonds is 5. The lowest BCUT2D eigenvalue weighted by molar-refractivity contribution is 0.304. The lowest BCUT2D eigenvalue weighted by atomic mass is 9.97. The van der Waals surface area contributed by atoms with Crippen molar-refractivity contribution >= 4 is 16.5 Å². The van der Waals surface area contributed by atoms with Gasteiger partial charge >= 0.3 is 0 Å². The molecule has 0 aliphatic carbocycles. The number of hydrogen-bond donors (Lipinski definition) is 1. The Kier molecular flexibility index (Phi) is 4.70. The number of anilines is 1. The predicted molar refractivity (Wildman–Crippen MR) is 123 cm³/mol. The van der Waals surface area contributed by atoms with Crippen molar-refractivity contribution in [2.75, 3.05) is 11.9 Å². The summed E-state index contributed by atoms with van der Waals surface area (Å²) in [5.41, 5.74) is 6.89. The molecule has 0 fully saturated rings. The molecule has 0 amide bonds. The van der Waals surface area contributed by atoms with E-state index in [1.807, 2.05) is 0 Å². The fourth-order valence-corrected chi connectivity index (χ4v) is 4.39. The van der Waals surface area contributed by atoms with Crippen molar-refractivity contribution in [3.05, 3.63) is 77.5 Å². The Morgan fingerprint density at radius 1 is 1.03 bits per heavy atom. The van der Waals surface area contributed by atoms with Crippen LogP contribution < -0.4 is 10.1 Å². The van der Waals surface area contributed by atoms with Crippen molar-refractivity contribution in [2.45, 2.75) is 39.8 Å². The van der Waals surface area contributed by atoms with Gasteiger partial charge < -0.3 is 10.1 Å². The van der Waals surface area contributed by atoms with Crippen LogP contribution in [0, 0.1) is 13.8 Å². The molecule has 5 rings (SSSR count). The summed E-state index contributed by atoms with van der Waals surface area (Å²) in [4.78, 5) is 0. The van der Waals surface area contributed by atoms with Gasteiger partial charge in [0.25, 0.3) is 0 Å². The van der Waals surface area contributed by atoms with E-state index >= 15 is 0 Å². The maximum Gasteiger partial charge on any atom is 0.151 e. The first-order valence-electron chi connectivity index (χ1n) is 10.7. The Morgan fingerprint density at radius 3 is 2.77 bits per heavy atom. The number of fused-ring (bicyclic) bond motifs is 4. The highest BCUT2D eigenvalue weighted by molar-refractivity contribution is 5.90. The van der Waals surface area contributed by atoms with Crippen molar-refractivity contribution in [2.24, 2.45) is 0 Å². The Labute approximate surface area is 177 Å². The molecule has 0 spiro atoms. The zero-order chi connectivity index (χ0) is 20.7. The molecule has 1 aromatic heterocycles. The number of para-hydroxylation sites is 1. The summed E-state index contributed by atoms with van der Waals surface area (Å²) in [5.74, 6) is 0.927. The van der Waals surface area contributed by atoms with E-state index in [2.05, 4.69) is 91.4 Å². The van der Waals surface area contributed by atoms with Crippen LogP contribution >= 0.6 is 0 Å². The van der Waals surface area contributed by atoms with Crippen LogP contribution in [0.1, 0.15) is 42.8 Å². The van der Waals surface area contributed by atoms with Crippen molar-refractivity contribution in [3.63, 3.8) is 0 Å². The van der Waals surface area contributed by atoms with Gasteiger partial charge in [-0.05, 0) is 48.7 Å². The van der Waals surface area contributed by atoms with E-state index in [4.69, 9.17) is 9.84 Å². The molecule has 30 heavy (non-hydrogen) atoms. The van der Waals surface area contributed by atoms with Crippen LogP contribution in [-0.2, 0) is 0 Å². The van der Waals surface area contributed by atoms with Gasteiger partial charge in [-0.3, -0.25) is 0 Å². The minimum absolute atomic E-state index is 0.134. The predicted octanol–water partition coefficient (Wildman–Crippen LogP) is 6.47. The van der Waals surface area contributed by atoms with Crippen LogP contribution in [0.4, 0.5) is 5.69 Å². The number of hydrogen-bond acceptors (Lipinski definition) is 3. The normalized spacial score (nSPS) is 14.8. The maximum absolute atomic E-state index is 6.30. The highest BCUT2D eigenvalue weighted by Crippen LogP contribution is 2.44. The van der Waals surface area contributed by atoms with Crippen LogP contribution in [0.15, 0.2) is 60.7 Å². The van der Waals surface area contributed by atoms with E-state index in [1.165, 1.54) is 27.6 Å². The second-order valence-corrected chi connectivity index (χ2v) is 8.06. The summed E-state index contributed by atoms with van der Waals surface area (Å²) in [5, 5.41) is 11.1. The minimum atomic E-state index is -0.134. The monoisotopic (exact) mass is 397 g/mol. The summed E-state index contributed by atoms with van der Waals surface area (Å²) < 4.78 is 8.41. The molecular weight excluding hydrogens is 370 g/mol. The lowest BCUT2D eigenvalue weighted by Crippen LogP contribution is -2.27. The third-order valence-corrected chi connectivity index (χ3v) is 5.89. The summed E-state index contributed by atoms with van der Waals surface area (Å²) in [7, 11) is 0. The molecule has 0 bridgehead atoms. The van der Waals surface area contributed by atoms with Crippen LogP contribution in [0.5, 0.6) is 5.75 Å². The zero-order valence-corrected chi connectivity index (χ0v) is 17.8. The van der Waals surface area contributed by atoms with E-state index in [1.54, 1.807) is 0 Å². The van der Waals surface area contributed by atoms with Crippen LogP contribution in [0.25, 0.3) is 22.0 Å². The van der Waals surface area contributed by atoms with E-state index in [0.717, 1.165) is 42.1 Å². The molecular formula is C26H27N3O. The van der Waals surface area contributed by atoms with Gasteiger partial charge in [0.15, 0.2) is 6.17 Å². The van der Waals surface area contributed by atoms with Crippen LogP contribution in [0.3, 0.4) is 0 Å². The molecule has 1 aliphatic heterocycles. The van der Waals surface area contributed by atoms with Gasteiger partial charge in [0, 0.05) is 16.8 Å². The molecule has 1 unspecified atom stereocenters. The van der Waals surface area contributed by atoms with Crippen molar-refractivity contribution < 1.29 is 4.74 Å². The van der Waals surface area contributed by atoms with Crippen molar-refractivity contribution in [1.82, 2.24) is 9.78 Å². The number of benzene rings is 3. The Balaban J connectivity index is 1.73. The van der Waals surface area contributed by atoms with Gasteiger partial charge in [0.05, 0.1) is 18.0 Å². The molecule has 0 radical (unpaired) electrons. The van der Waals surface area contributed by atoms with Crippen LogP contribution in [-0.4, -0.2) is 16.4 Å². The summed E-state index contributed by atoms with van der Waals surface area (Å²) in [6.07, 6.45) is 2.02. The second-order valence-electron chi connectivity index (χ2n) is 8.06. The maximum atomic E-state index is 6.30. The van der Waals surface area contributed by atoms with Crippen molar-refractivity contribution in [3.8, 4) is 17.0 Å². The van der Waals surface area contributed by atoms with E-state index in [0.29, 0.717) is 0 Å². The third kappa shape index (κ3) is 3.04. The standard InChI is InChI=1S/C26H27N3O/c1-4-5-15-30-23-14-13-19-10-6-7-11-20(19)24(23)26-27-25-17(2)9-8-12-21(25)22-16-18(3)28-29(22)26/h6-14,16,26-27H,4-5,15H2,1-3H3. The first-order valence-corrected chi connectivity index (χ1v) is 10.7. The molecule has 4 nitrogen and oxygen atoms in total. The highest BCUT2D eigenvalue weighted by Gasteiger charge is 2.30. The average Bonchev–Trinajstić information content (AvgIpc) is 3.15. The molecule has 152 valence electrons. The SMILES string of the molecule is CCCCOc1ccc2ccccc2c1C1Nc2c(C)cccc2-c2cc(C)nn21. The number of nitrogens with one attached hydrogen (secondary N) is 1. The second kappa shape index (κ2) is 7.52. The molecule has 1 aliphatic rings. The Morgan fingerprint density at radius 2 is 1.90 bits per heavy atom. The Hall–Kier alpha value is -3.27. The van der Waals surface area contributed by atoms with Gasteiger partial charge in [0.1, 0.15) is 5.75 Å². The highest BCUT2D eigenvalue weighted by atomic mass is 16.5. The largest absolute Gasteiger partial charge is 0.493 e. The fraction of sp³-hybridized carbons (Fsp3) is 0.269. The van der Waals surface area contributed by atoms with E-state index in [-0.39, 0.29) is 6.17 Å². The smallest absolute Gasteiger partial charge is 0.151 e. The minimum Gasteiger partial charge on any atom is -0.493 e. The number of ether oxygens (including phenoxy) is 1. The first-order chi connectivity index (χ1) is 14.7. The summed E-state index contributed by atoms with van der Waals surface area (Å²) in [6.45, 7) is 7.12. The van der Waals surface area contributed by atoms with Gasteiger partial charge in [-0.2, -0.15) is 5.10 Å². The van der Waals surface area contributed by atoms with E-state index < -0.39 is 0 Å². The molecule has 3 aromatic carbocycles. The quantitative estimate of drug-likeness (QED) is 0.392. The number of aryl methyl sites for hydroxylation is 2. The molecule has 1 N–H and O–H groups in total.